The molecular weight excluding hydrogens is 348 g/mol. The summed E-state index contributed by atoms with van der Waals surface area (Å²) < 4.78 is 0. The Kier molecular flexibility index (Phi) is 7.67. The molecule has 0 aliphatic heterocycles. The van der Waals surface area contributed by atoms with Crippen LogP contribution in [-0.2, 0) is 22.6 Å². The lowest BCUT2D eigenvalue weighted by molar-refractivity contribution is -0.140. The van der Waals surface area contributed by atoms with E-state index in [0.717, 1.165) is 11.1 Å². The van der Waals surface area contributed by atoms with Gasteiger partial charge in [0.1, 0.15) is 6.04 Å². The van der Waals surface area contributed by atoms with Gasteiger partial charge in [-0.05, 0) is 36.6 Å². The Hall–Kier alpha value is -2.33. The van der Waals surface area contributed by atoms with Crippen LogP contribution in [0.4, 0.5) is 0 Å². The second-order valence-corrected chi connectivity index (χ2v) is 6.57. The number of hydrogen-bond acceptors (Lipinski definition) is 2. The maximum absolute atomic E-state index is 13.0. The van der Waals surface area contributed by atoms with Crippen molar-refractivity contribution in [1.29, 1.82) is 0 Å². The smallest absolute Gasteiger partial charge is 0.242 e. The van der Waals surface area contributed by atoms with Crippen LogP contribution in [0.1, 0.15) is 31.4 Å². The van der Waals surface area contributed by atoms with Gasteiger partial charge in [-0.3, -0.25) is 9.59 Å². The zero-order chi connectivity index (χ0) is 18.9. The Morgan fingerprint density at radius 2 is 1.73 bits per heavy atom. The fraction of sp³-hybridized carbons (Fsp3) is 0.333. The van der Waals surface area contributed by atoms with E-state index in [-0.39, 0.29) is 18.2 Å². The predicted molar refractivity (Wildman–Crippen MR) is 105 cm³/mol. The summed E-state index contributed by atoms with van der Waals surface area (Å²) in [5.74, 6) is -0.209. The van der Waals surface area contributed by atoms with Crippen molar-refractivity contribution in [3.63, 3.8) is 0 Å². The van der Waals surface area contributed by atoms with Gasteiger partial charge in [-0.1, -0.05) is 61.0 Å². The normalized spacial score (nSPS) is 11.7. The van der Waals surface area contributed by atoms with Gasteiger partial charge in [0, 0.05) is 18.1 Å². The topological polar surface area (TPSA) is 49.4 Å². The molecule has 5 heteroatoms. The summed E-state index contributed by atoms with van der Waals surface area (Å²) in [5, 5.41) is 3.43. The first kappa shape index (κ1) is 20.0. The fourth-order valence-electron chi connectivity index (χ4n) is 2.91. The summed E-state index contributed by atoms with van der Waals surface area (Å²) in [5.41, 5.74) is 1.83. The van der Waals surface area contributed by atoms with Crippen molar-refractivity contribution in [2.24, 2.45) is 0 Å². The molecule has 4 nitrogen and oxygen atoms in total. The Bertz CT molecular complexity index is 734. The molecule has 0 aromatic heterocycles. The van der Waals surface area contributed by atoms with E-state index in [1.54, 1.807) is 17.0 Å². The number of halogens is 1. The van der Waals surface area contributed by atoms with Gasteiger partial charge in [0.15, 0.2) is 0 Å². The number of nitrogens with one attached hydrogen (secondary N) is 1. The van der Waals surface area contributed by atoms with Crippen molar-refractivity contribution in [2.45, 2.75) is 39.3 Å². The Labute approximate surface area is 160 Å². The molecule has 2 amide bonds. The third-order valence-corrected chi connectivity index (χ3v) is 4.41. The average Bonchev–Trinajstić information content (AvgIpc) is 2.62. The van der Waals surface area contributed by atoms with Crippen molar-refractivity contribution in [1.82, 2.24) is 10.2 Å². The molecule has 0 aliphatic rings. The number of benzene rings is 2. The lowest BCUT2D eigenvalue weighted by Gasteiger charge is -2.30. The number of rotatable bonds is 8. The summed E-state index contributed by atoms with van der Waals surface area (Å²) in [6.07, 6.45) is 0.767. The summed E-state index contributed by atoms with van der Waals surface area (Å²) in [6, 6.07) is 16.5. The molecule has 2 aromatic rings. The van der Waals surface area contributed by atoms with Gasteiger partial charge < -0.3 is 10.2 Å². The molecule has 1 unspecified atom stereocenters. The molecule has 0 fully saturated rings. The minimum Gasteiger partial charge on any atom is -0.355 e. The van der Waals surface area contributed by atoms with Crippen LogP contribution in [-0.4, -0.2) is 29.3 Å². The lowest BCUT2D eigenvalue weighted by Crippen LogP contribution is -2.49. The highest BCUT2D eigenvalue weighted by Gasteiger charge is 2.28. The van der Waals surface area contributed by atoms with Crippen molar-refractivity contribution < 1.29 is 9.59 Å². The van der Waals surface area contributed by atoms with Gasteiger partial charge in [-0.2, -0.15) is 0 Å². The van der Waals surface area contributed by atoms with Crippen LogP contribution in [0.15, 0.2) is 54.6 Å². The van der Waals surface area contributed by atoms with Gasteiger partial charge in [-0.25, -0.2) is 0 Å². The molecule has 0 spiro atoms. The lowest BCUT2D eigenvalue weighted by atomic mass is 10.1. The highest BCUT2D eigenvalue weighted by atomic mass is 35.5. The highest BCUT2D eigenvalue weighted by Crippen LogP contribution is 2.16. The monoisotopic (exact) mass is 372 g/mol. The third kappa shape index (κ3) is 5.60. The van der Waals surface area contributed by atoms with Crippen LogP contribution < -0.4 is 5.32 Å². The van der Waals surface area contributed by atoms with Crippen LogP contribution in [0.3, 0.4) is 0 Å². The fourth-order valence-corrected chi connectivity index (χ4v) is 3.13. The molecular formula is C21H25ClN2O2. The molecule has 1 atom stereocenters. The summed E-state index contributed by atoms with van der Waals surface area (Å²) in [7, 11) is 0. The maximum atomic E-state index is 13.0. The van der Waals surface area contributed by atoms with E-state index in [9.17, 15) is 9.59 Å². The van der Waals surface area contributed by atoms with Crippen molar-refractivity contribution in [2.75, 3.05) is 6.54 Å². The molecule has 2 rings (SSSR count). The average molecular weight is 373 g/mol. The molecule has 138 valence electrons. The highest BCUT2D eigenvalue weighted by molar-refractivity contribution is 6.30. The quantitative estimate of drug-likeness (QED) is 0.765. The SMILES string of the molecule is CCNC(=O)C(CC)N(Cc1ccccc1)C(=O)Cc1cccc(Cl)c1. The van der Waals surface area contributed by atoms with E-state index in [1.807, 2.05) is 56.3 Å². The van der Waals surface area contributed by atoms with E-state index in [4.69, 9.17) is 11.6 Å². The largest absolute Gasteiger partial charge is 0.355 e. The minimum absolute atomic E-state index is 0.0887. The molecule has 26 heavy (non-hydrogen) atoms. The van der Waals surface area contributed by atoms with Crippen LogP contribution in [0.5, 0.6) is 0 Å². The van der Waals surface area contributed by atoms with Crippen molar-refractivity contribution in [3.05, 3.63) is 70.7 Å². The minimum atomic E-state index is -0.498. The zero-order valence-corrected chi connectivity index (χ0v) is 16.0. The number of carbonyl (C=O) groups is 2. The van der Waals surface area contributed by atoms with Gasteiger partial charge in [0.25, 0.3) is 0 Å². The van der Waals surface area contributed by atoms with Crippen LogP contribution in [0.2, 0.25) is 5.02 Å². The van der Waals surface area contributed by atoms with Gasteiger partial charge in [0.05, 0.1) is 6.42 Å². The summed E-state index contributed by atoms with van der Waals surface area (Å²) in [6.45, 7) is 4.73. The van der Waals surface area contributed by atoms with E-state index in [2.05, 4.69) is 5.32 Å². The first-order valence-electron chi connectivity index (χ1n) is 8.90. The summed E-state index contributed by atoms with van der Waals surface area (Å²) in [4.78, 5) is 27.2. The summed E-state index contributed by atoms with van der Waals surface area (Å²) >= 11 is 6.03. The van der Waals surface area contributed by atoms with Gasteiger partial charge in [0.2, 0.25) is 11.8 Å². The molecule has 0 heterocycles. The Morgan fingerprint density at radius 3 is 2.35 bits per heavy atom. The first-order valence-corrected chi connectivity index (χ1v) is 9.28. The number of hydrogen-bond donors (Lipinski definition) is 1. The van der Waals surface area contributed by atoms with Crippen molar-refractivity contribution >= 4 is 23.4 Å². The molecule has 0 bridgehead atoms. The number of carbonyl (C=O) groups excluding carboxylic acids is 2. The molecule has 0 saturated carbocycles. The van der Waals surface area contributed by atoms with E-state index in [1.165, 1.54) is 0 Å². The van der Waals surface area contributed by atoms with Crippen LogP contribution in [0, 0.1) is 0 Å². The van der Waals surface area contributed by atoms with Gasteiger partial charge in [-0.15, -0.1) is 0 Å². The first-order chi connectivity index (χ1) is 12.5. The number of amides is 2. The molecule has 0 saturated heterocycles. The second kappa shape index (κ2) is 9.97. The molecule has 0 aliphatic carbocycles. The van der Waals surface area contributed by atoms with Crippen LogP contribution in [0.25, 0.3) is 0 Å². The molecule has 2 aromatic carbocycles. The number of nitrogens with zero attached hydrogens (tertiary/aromatic N) is 1. The Balaban J connectivity index is 2.25. The maximum Gasteiger partial charge on any atom is 0.242 e. The predicted octanol–water partition coefficient (Wildman–Crippen LogP) is 3.83. The molecule has 1 N–H and O–H groups in total. The van der Waals surface area contributed by atoms with Crippen LogP contribution >= 0.6 is 11.6 Å². The molecule has 0 radical (unpaired) electrons. The van der Waals surface area contributed by atoms with E-state index in [0.29, 0.717) is 24.5 Å². The second-order valence-electron chi connectivity index (χ2n) is 6.13. The Morgan fingerprint density at radius 1 is 1.04 bits per heavy atom. The zero-order valence-electron chi connectivity index (χ0n) is 15.2. The standard InChI is InChI=1S/C21H25ClN2O2/c1-3-19(21(26)23-4-2)24(15-16-9-6-5-7-10-16)20(25)14-17-11-8-12-18(22)13-17/h5-13,19H,3-4,14-15H2,1-2H3,(H,23,26). The van der Waals surface area contributed by atoms with E-state index >= 15 is 0 Å². The van der Waals surface area contributed by atoms with Crippen molar-refractivity contribution in [3.8, 4) is 0 Å². The third-order valence-electron chi connectivity index (χ3n) is 4.18. The number of likely N-dealkylation sites (N-methyl/N-ethyl adjacent to an activating group) is 1. The van der Waals surface area contributed by atoms with E-state index < -0.39 is 6.04 Å². The van der Waals surface area contributed by atoms with Gasteiger partial charge >= 0.3 is 0 Å².